The average molecular weight is 285 g/mol. The van der Waals surface area contributed by atoms with E-state index in [-0.39, 0.29) is 5.78 Å². The minimum atomic E-state index is -0.808. The lowest BCUT2D eigenvalue weighted by Gasteiger charge is -2.26. The van der Waals surface area contributed by atoms with Gasteiger partial charge in [0.2, 0.25) is 0 Å². The molecular weight excluding hydrogens is 266 g/mol. The first-order valence-electron chi connectivity index (χ1n) is 7.21. The minimum absolute atomic E-state index is 0.0550. The van der Waals surface area contributed by atoms with Gasteiger partial charge in [0.1, 0.15) is 5.60 Å². The van der Waals surface area contributed by atoms with Gasteiger partial charge in [-0.2, -0.15) is 0 Å². The maximum Gasteiger partial charge on any atom is 0.323 e. The Kier molecular flexibility index (Phi) is 3.12. The summed E-state index contributed by atoms with van der Waals surface area (Å²) in [6.07, 6.45) is 2.98. The highest BCUT2D eigenvalue weighted by Gasteiger charge is 2.38. The van der Waals surface area contributed by atoms with Crippen LogP contribution in [0.2, 0.25) is 0 Å². The molecule has 2 aromatic rings. The van der Waals surface area contributed by atoms with Crippen LogP contribution in [-0.4, -0.2) is 21.8 Å². The zero-order chi connectivity index (χ0) is 15.2. The van der Waals surface area contributed by atoms with E-state index in [1.165, 1.54) is 0 Å². The summed E-state index contributed by atoms with van der Waals surface area (Å²) < 4.78 is 7.38. The fraction of sp³-hybridized carbons (Fsp3) is 0.412. The second-order valence-electron chi connectivity index (χ2n) is 6.48. The number of hydrogen-bond donors (Lipinski definition) is 0. The molecule has 0 aromatic carbocycles. The Morgan fingerprint density at radius 3 is 2.76 bits per heavy atom. The molecule has 0 N–H and O–H groups in total. The van der Waals surface area contributed by atoms with Gasteiger partial charge in [0.25, 0.3) is 0 Å². The lowest BCUT2D eigenvalue weighted by atomic mass is 9.86. The molecule has 2 aromatic heterocycles. The van der Waals surface area contributed by atoms with Crippen molar-refractivity contribution in [3.63, 3.8) is 0 Å². The Labute approximate surface area is 123 Å². The highest BCUT2D eigenvalue weighted by atomic mass is 16.6. The van der Waals surface area contributed by atoms with Crippen molar-refractivity contribution < 1.29 is 14.3 Å². The number of ketones is 1. The Bertz CT molecular complexity index is 721. The van der Waals surface area contributed by atoms with Crippen molar-refractivity contribution in [2.24, 2.45) is 0 Å². The molecule has 0 saturated heterocycles. The lowest BCUT2D eigenvalue weighted by Crippen LogP contribution is -2.34. The summed E-state index contributed by atoms with van der Waals surface area (Å²) in [5, 5.41) is 0. The Balaban J connectivity index is 2.10. The molecule has 1 atom stereocenters. The van der Waals surface area contributed by atoms with E-state index in [1.54, 1.807) is 0 Å². The van der Waals surface area contributed by atoms with Gasteiger partial charge < -0.3 is 9.14 Å². The second-order valence-corrected chi connectivity index (χ2v) is 6.48. The van der Waals surface area contributed by atoms with Crippen LogP contribution in [-0.2, 0) is 20.7 Å². The molecule has 4 heteroatoms. The van der Waals surface area contributed by atoms with Crippen molar-refractivity contribution in [1.29, 1.82) is 0 Å². The van der Waals surface area contributed by atoms with Crippen molar-refractivity contribution in [3.05, 3.63) is 41.7 Å². The number of hydrogen-bond acceptors (Lipinski definition) is 3. The average Bonchev–Trinajstić information content (AvgIpc) is 2.75. The van der Waals surface area contributed by atoms with Crippen molar-refractivity contribution >= 4 is 17.3 Å². The molecule has 0 fully saturated rings. The van der Waals surface area contributed by atoms with Crippen molar-refractivity contribution in [3.8, 4) is 0 Å². The molecule has 110 valence electrons. The normalized spacial score (nSPS) is 18.6. The monoisotopic (exact) mass is 285 g/mol. The number of aryl methyl sites for hydroxylation is 1. The fourth-order valence-electron chi connectivity index (χ4n) is 2.88. The van der Waals surface area contributed by atoms with E-state index < -0.39 is 17.5 Å². The summed E-state index contributed by atoms with van der Waals surface area (Å²) in [5.41, 5.74) is 2.25. The number of ether oxygens (including phenoxy) is 1. The first kappa shape index (κ1) is 13.9. The summed E-state index contributed by atoms with van der Waals surface area (Å²) in [6, 6.07) is 7.89. The van der Waals surface area contributed by atoms with Crippen LogP contribution in [0.4, 0.5) is 0 Å². The van der Waals surface area contributed by atoms with Crippen LogP contribution in [0.5, 0.6) is 0 Å². The molecule has 0 saturated carbocycles. The maximum atomic E-state index is 12.5. The predicted octanol–water partition coefficient (Wildman–Crippen LogP) is 2.88. The standard InChI is InChI=1S/C17H19NO3/c1-17(2,3)21-16(20)14-13(19)8-7-11-10-12-6-4-5-9-18(12)15(11)14/h4-6,9-10,14H,7-8H2,1-3H3. The van der Waals surface area contributed by atoms with Crippen LogP contribution in [0.3, 0.4) is 0 Å². The number of esters is 1. The van der Waals surface area contributed by atoms with Crippen molar-refractivity contribution in [1.82, 2.24) is 4.40 Å². The van der Waals surface area contributed by atoms with E-state index in [0.717, 1.165) is 16.8 Å². The number of Topliss-reactive ketones (excluding diaryl/α,β-unsaturated/α-hetero) is 1. The Morgan fingerprint density at radius 1 is 1.29 bits per heavy atom. The first-order valence-corrected chi connectivity index (χ1v) is 7.21. The van der Waals surface area contributed by atoms with E-state index in [2.05, 4.69) is 6.07 Å². The highest BCUT2D eigenvalue weighted by Crippen LogP contribution is 2.33. The van der Waals surface area contributed by atoms with Crippen molar-refractivity contribution in [2.75, 3.05) is 0 Å². The van der Waals surface area contributed by atoms with Crippen LogP contribution < -0.4 is 0 Å². The third kappa shape index (κ3) is 2.46. The SMILES string of the molecule is CC(C)(C)OC(=O)C1C(=O)CCc2cc3ccccn3c21. The molecule has 0 aliphatic heterocycles. The van der Waals surface area contributed by atoms with Gasteiger partial charge in [0.05, 0.1) is 0 Å². The molecule has 0 radical (unpaired) electrons. The number of rotatable bonds is 1. The van der Waals surface area contributed by atoms with Gasteiger partial charge in [-0.1, -0.05) is 6.07 Å². The minimum Gasteiger partial charge on any atom is -0.459 e. The summed E-state index contributed by atoms with van der Waals surface area (Å²) in [7, 11) is 0. The Hall–Kier alpha value is -2.10. The molecule has 0 amide bonds. The summed E-state index contributed by atoms with van der Waals surface area (Å²) in [6.45, 7) is 5.44. The fourth-order valence-corrected chi connectivity index (χ4v) is 2.88. The first-order chi connectivity index (χ1) is 9.87. The molecule has 2 heterocycles. The summed E-state index contributed by atoms with van der Waals surface area (Å²) in [4.78, 5) is 24.8. The number of fused-ring (bicyclic) bond motifs is 3. The summed E-state index contributed by atoms with van der Waals surface area (Å²) >= 11 is 0. The van der Waals surface area contributed by atoms with Crippen LogP contribution in [0, 0.1) is 0 Å². The van der Waals surface area contributed by atoms with Gasteiger partial charge in [-0.25, -0.2) is 0 Å². The van der Waals surface area contributed by atoms with Gasteiger partial charge in [-0.3, -0.25) is 9.59 Å². The molecule has 4 nitrogen and oxygen atoms in total. The number of carbonyl (C=O) groups is 2. The number of pyridine rings is 1. The Morgan fingerprint density at radius 2 is 2.05 bits per heavy atom. The molecule has 0 bridgehead atoms. The smallest absolute Gasteiger partial charge is 0.323 e. The zero-order valence-corrected chi connectivity index (χ0v) is 12.6. The maximum absolute atomic E-state index is 12.5. The number of carbonyl (C=O) groups excluding carboxylic acids is 2. The van der Waals surface area contributed by atoms with Crippen LogP contribution in [0.25, 0.3) is 5.52 Å². The van der Waals surface area contributed by atoms with Crippen LogP contribution in [0.15, 0.2) is 30.5 Å². The predicted molar refractivity (Wildman–Crippen MR) is 79.3 cm³/mol. The van der Waals surface area contributed by atoms with E-state index >= 15 is 0 Å². The second kappa shape index (κ2) is 4.72. The van der Waals surface area contributed by atoms with Gasteiger partial charge in [-0.15, -0.1) is 0 Å². The molecule has 21 heavy (non-hydrogen) atoms. The third-order valence-electron chi connectivity index (χ3n) is 3.68. The van der Waals surface area contributed by atoms with Gasteiger partial charge in [-0.05, 0) is 51.0 Å². The third-order valence-corrected chi connectivity index (χ3v) is 3.68. The van der Waals surface area contributed by atoms with Gasteiger partial charge in [0, 0.05) is 23.8 Å². The molecule has 1 aliphatic rings. The zero-order valence-electron chi connectivity index (χ0n) is 12.6. The topological polar surface area (TPSA) is 47.8 Å². The van der Waals surface area contributed by atoms with Gasteiger partial charge in [0.15, 0.2) is 11.7 Å². The molecular formula is C17H19NO3. The van der Waals surface area contributed by atoms with E-state index in [9.17, 15) is 9.59 Å². The van der Waals surface area contributed by atoms with Crippen LogP contribution >= 0.6 is 0 Å². The van der Waals surface area contributed by atoms with E-state index in [4.69, 9.17) is 4.74 Å². The number of nitrogens with zero attached hydrogens (tertiary/aromatic N) is 1. The molecule has 0 spiro atoms. The van der Waals surface area contributed by atoms with Crippen molar-refractivity contribution in [2.45, 2.75) is 45.1 Å². The lowest BCUT2D eigenvalue weighted by molar-refractivity contribution is -0.158. The summed E-state index contributed by atoms with van der Waals surface area (Å²) in [5.74, 6) is -1.31. The van der Waals surface area contributed by atoms with Crippen LogP contribution in [0.1, 0.15) is 44.4 Å². The van der Waals surface area contributed by atoms with Gasteiger partial charge >= 0.3 is 5.97 Å². The quantitative estimate of drug-likeness (QED) is 0.598. The highest BCUT2D eigenvalue weighted by molar-refractivity contribution is 6.06. The largest absolute Gasteiger partial charge is 0.459 e. The molecule has 1 aliphatic carbocycles. The molecule has 3 rings (SSSR count). The van der Waals surface area contributed by atoms with E-state index in [1.807, 2.05) is 49.6 Å². The molecule has 1 unspecified atom stereocenters. The number of aromatic nitrogens is 1. The van der Waals surface area contributed by atoms with E-state index in [0.29, 0.717) is 12.8 Å².